The van der Waals surface area contributed by atoms with Crippen molar-refractivity contribution in [2.24, 2.45) is 0 Å². The molecule has 0 N–H and O–H groups in total. The summed E-state index contributed by atoms with van der Waals surface area (Å²) in [6.45, 7) is 55.2. The van der Waals surface area contributed by atoms with Crippen molar-refractivity contribution in [1.29, 1.82) is 0 Å². The predicted octanol–water partition coefficient (Wildman–Crippen LogP) is 26.4. The first kappa shape index (κ1) is 98.8. The SMILES string of the molecule is C.CC.CC.CC.CC.CC.CC.CC.CC.CC.CC1=Cc2ccccc2C1.CC1=Cc2cccnc2C1.CC1=Cc2ccncc2C1.CC1=Cc2cnccc2C1.CC1=Cc2cncnc2C1.CC1=Cc2cnncc2C1.CC1=Cc2ncccc2C1.CC1=Cc2nccnc2C1.CC1=Cc2ncncc2C1. The van der Waals surface area contributed by atoms with Crippen LogP contribution >= 0.6 is 0 Å². The van der Waals surface area contributed by atoms with Crippen LogP contribution in [0.25, 0.3) is 54.7 Å². The predicted molar refractivity (Wildman–Crippen MR) is 477 cm³/mol. The molecule has 109 heavy (non-hydrogen) atoms. The molecule has 8 heterocycles. The number of rotatable bonds is 0. The Morgan fingerprint density at radius 2 is 0.560 bits per heavy atom. The van der Waals surface area contributed by atoms with E-state index in [4.69, 9.17) is 0 Å². The van der Waals surface area contributed by atoms with Crippen molar-refractivity contribution in [3.8, 4) is 0 Å². The van der Waals surface area contributed by atoms with Gasteiger partial charge in [0.2, 0.25) is 0 Å². The highest BCUT2D eigenvalue weighted by molar-refractivity contribution is 5.66. The van der Waals surface area contributed by atoms with Crippen LogP contribution in [0.4, 0.5) is 0 Å². The molecule has 12 nitrogen and oxygen atoms in total. The van der Waals surface area contributed by atoms with Crippen molar-refractivity contribution in [1.82, 2.24) is 60.0 Å². The van der Waals surface area contributed by atoms with Gasteiger partial charge in [0.05, 0.1) is 46.6 Å². The molecule has 1 aromatic carbocycles. The second-order valence-electron chi connectivity index (χ2n) is 24.2. The van der Waals surface area contributed by atoms with Gasteiger partial charge in [-0.1, -0.05) is 255 Å². The minimum atomic E-state index is 0. The van der Waals surface area contributed by atoms with Gasteiger partial charge in [-0.15, -0.1) is 0 Å². The number of hydrogen-bond donors (Lipinski definition) is 0. The molecule has 8 aromatic heterocycles. The Kier molecular flexibility index (Phi) is 53.3. The van der Waals surface area contributed by atoms with Crippen molar-refractivity contribution in [3.63, 3.8) is 0 Å². The molecule has 0 spiro atoms. The van der Waals surface area contributed by atoms with Crippen molar-refractivity contribution in [3.05, 3.63) is 299 Å². The number of allylic oxidation sites excluding steroid dienone is 9. The van der Waals surface area contributed by atoms with Crippen LogP contribution in [0.2, 0.25) is 0 Å². The van der Waals surface area contributed by atoms with E-state index in [0.717, 1.165) is 86.3 Å². The molecule has 0 aliphatic heterocycles. The summed E-state index contributed by atoms with van der Waals surface area (Å²) in [4.78, 5) is 41.1. The highest BCUT2D eigenvalue weighted by Gasteiger charge is 2.15. The number of pyridine rings is 4. The third-order valence-corrected chi connectivity index (χ3v) is 15.8. The van der Waals surface area contributed by atoms with E-state index in [1.165, 1.54) is 123 Å². The Labute approximate surface area is 661 Å². The Balaban J connectivity index is 0.00000117. The average molecular weight is 1470 g/mol. The van der Waals surface area contributed by atoms with E-state index in [-0.39, 0.29) is 7.43 Å². The van der Waals surface area contributed by atoms with Gasteiger partial charge in [0.1, 0.15) is 12.7 Å². The fourth-order valence-corrected chi connectivity index (χ4v) is 11.6. The minimum absolute atomic E-state index is 0. The lowest BCUT2D eigenvalue weighted by atomic mass is 10.1. The van der Waals surface area contributed by atoms with Gasteiger partial charge < -0.3 is 0 Å². The molecule has 0 unspecified atom stereocenters. The summed E-state index contributed by atoms with van der Waals surface area (Å²) < 4.78 is 0. The highest BCUT2D eigenvalue weighted by atomic mass is 15.1. The van der Waals surface area contributed by atoms with Gasteiger partial charge in [-0.25, -0.2) is 19.9 Å². The molecule has 18 rings (SSSR count). The summed E-state index contributed by atoms with van der Waals surface area (Å²) in [6.07, 6.45) is 54.3. The Bertz CT molecular complexity index is 3470. The normalized spacial score (nSPS) is 12.6. The van der Waals surface area contributed by atoms with Gasteiger partial charge in [0, 0.05) is 92.4 Å². The summed E-state index contributed by atoms with van der Waals surface area (Å²) >= 11 is 0. The van der Waals surface area contributed by atoms with E-state index in [1.54, 1.807) is 25.0 Å². The topological polar surface area (TPSA) is 155 Å². The van der Waals surface area contributed by atoms with Crippen LogP contribution in [-0.4, -0.2) is 60.0 Å². The highest BCUT2D eigenvalue weighted by Crippen LogP contribution is 2.28. The summed E-state index contributed by atoms with van der Waals surface area (Å²) in [5.41, 5.74) is 35.3. The fourth-order valence-electron chi connectivity index (χ4n) is 11.6. The van der Waals surface area contributed by atoms with Crippen LogP contribution in [0.3, 0.4) is 0 Å². The Morgan fingerprint density at radius 1 is 0.211 bits per heavy atom. The molecule has 584 valence electrons. The van der Waals surface area contributed by atoms with Gasteiger partial charge >= 0.3 is 0 Å². The molecule has 0 saturated heterocycles. The number of nitrogens with zero attached hydrogens (tertiary/aromatic N) is 12. The number of hydrogen-bond acceptors (Lipinski definition) is 12. The van der Waals surface area contributed by atoms with E-state index < -0.39 is 0 Å². The van der Waals surface area contributed by atoms with E-state index in [1.807, 2.05) is 199 Å². The van der Waals surface area contributed by atoms with Crippen LogP contribution in [0, 0.1) is 0 Å². The molecule has 0 amide bonds. The first-order valence-corrected chi connectivity index (χ1v) is 39.8. The zero-order chi connectivity index (χ0) is 80.8. The molecule has 0 atom stereocenters. The molecule has 0 bridgehead atoms. The largest absolute Gasteiger partial charge is 0.264 e. The zero-order valence-electron chi connectivity index (χ0n) is 71.3. The third-order valence-electron chi connectivity index (χ3n) is 15.8. The Morgan fingerprint density at radius 3 is 1.12 bits per heavy atom. The second-order valence-corrected chi connectivity index (χ2v) is 24.2. The first-order valence-electron chi connectivity index (χ1n) is 39.8. The van der Waals surface area contributed by atoms with Crippen LogP contribution < -0.4 is 0 Å². The molecule has 0 fully saturated rings. The molecule has 9 aliphatic rings. The van der Waals surface area contributed by atoms with Gasteiger partial charge in [0.15, 0.2) is 0 Å². The lowest BCUT2D eigenvalue weighted by molar-refractivity contribution is 0.997. The molecule has 12 heteroatoms. The molecular weight excluding hydrogens is 1330 g/mol. The lowest BCUT2D eigenvalue weighted by Gasteiger charge is -1.93. The van der Waals surface area contributed by atoms with Gasteiger partial charge in [-0.05, 0) is 199 Å². The quantitative estimate of drug-likeness (QED) is 0.142. The van der Waals surface area contributed by atoms with Gasteiger partial charge in [-0.2, -0.15) is 10.2 Å². The fraction of sp³-hybridized carbons (Fsp3) is 0.381. The molecule has 0 saturated carbocycles. The van der Waals surface area contributed by atoms with Crippen molar-refractivity contribution < 1.29 is 0 Å². The maximum atomic E-state index is 4.26. The van der Waals surface area contributed by atoms with Gasteiger partial charge in [-0.3, -0.25) is 29.9 Å². The van der Waals surface area contributed by atoms with E-state index in [0.29, 0.717) is 0 Å². The summed E-state index contributed by atoms with van der Waals surface area (Å²) in [7, 11) is 0. The van der Waals surface area contributed by atoms with Crippen LogP contribution in [0.1, 0.15) is 295 Å². The molecule has 9 aromatic rings. The standard InChI is InChI=1S/C10H10.4C9H9N.4C8H8N2.9C2H6.CH4/c1-8-6-9-4-2-3-5-10(9)7-8;2*1-7-4-8-2-3-10-6-9(8)5-7;2*1-7-5-8-3-2-4-10-9(8)6-7;2*1-6-2-7-4-9-5-10-8(7)3-6;1-6-2-7-4-9-10-5-8(7)3-6;1-6-4-7-8(5-6)10-3-2-9-7;9*1-2;/h2-6H,7H2,1H3;2-3,5-6H,4H2,1H3;2*2-4,6H,5H2,1H3;2-5H,6H2,1H3;3-5H,2H2,1H3;2*2,4-5H,3H2,1H3;2-4H,5H2,1H3;9*1-2H3;1H4. The molecule has 0 radical (unpaired) electrons. The summed E-state index contributed by atoms with van der Waals surface area (Å²) in [5, 5.41) is 7.60. The van der Waals surface area contributed by atoms with Crippen LogP contribution in [0.15, 0.2) is 198 Å². The molecule has 9 aliphatic carbocycles. The van der Waals surface area contributed by atoms with E-state index in [2.05, 4.69) is 226 Å². The zero-order valence-corrected chi connectivity index (χ0v) is 71.3. The maximum Gasteiger partial charge on any atom is 0.116 e. The number of benzene rings is 1. The summed E-state index contributed by atoms with van der Waals surface area (Å²) in [5.74, 6) is 0. The third kappa shape index (κ3) is 34.7. The van der Waals surface area contributed by atoms with Crippen molar-refractivity contribution in [2.45, 2.75) is 252 Å². The maximum absolute atomic E-state index is 4.26. The van der Waals surface area contributed by atoms with Crippen LogP contribution in [-0.2, 0) is 57.8 Å². The number of fused-ring (bicyclic) bond motifs is 9. The monoisotopic (exact) mass is 1470 g/mol. The first-order chi connectivity index (χ1) is 52.7. The minimum Gasteiger partial charge on any atom is -0.264 e. The van der Waals surface area contributed by atoms with Gasteiger partial charge in [0.25, 0.3) is 0 Å². The average Bonchev–Trinajstić information content (AvgIpc) is 1.83. The Hall–Kier alpha value is -10.2. The lowest BCUT2D eigenvalue weighted by Crippen LogP contribution is -1.89. The second kappa shape index (κ2) is 58.8. The van der Waals surface area contributed by atoms with Crippen molar-refractivity contribution >= 4 is 54.7 Å². The number of aromatic nitrogens is 12. The molecular formula is C97H136N12. The van der Waals surface area contributed by atoms with Crippen LogP contribution in [0.5, 0.6) is 0 Å². The van der Waals surface area contributed by atoms with E-state index >= 15 is 0 Å². The summed E-state index contributed by atoms with van der Waals surface area (Å²) in [6, 6.07) is 20.9. The van der Waals surface area contributed by atoms with E-state index in [9.17, 15) is 0 Å². The van der Waals surface area contributed by atoms with Crippen molar-refractivity contribution in [2.75, 3.05) is 0 Å². The smallest absolute Gasteiger partial charge is 0.116 e.